The van der Waals surface area contributed by atoms with Gasteiger partial charge >= 0.3 is 5.97 Å². The first-order valence-corrected chi connectivity index (χ1v) is 6.82. The maximum Gasteiger partial charge on any atom is 0.314 e. The second-order valence-corrected chi connectivity index (χ2v) is 5.07. The van der Waals surface area contributed by atoms with E-state index in [0.29, 0.717) is 0 Å². The van der Waals surface area contributed by atoms with E-state index in [-0.39, 0.29) is 17.5 Å². The van der Waals surface area contributed by atoms with Gasteiger partial charge in [-0.2, -0.15) is 0 Å². The molecule has 0 saturated heterocycles. The lowest BCUT2D eigenvalue weighted by Crippen LogP contribution is -2.40. The maximum absolute atomic E-state index is 12.1. The predicted octanol–water partition coefficient (Wildman–Crippen LogP) is 3.32. The second-order valence-electron chi connectivity index (χ2n) is 5.07. The van der Waals surface area contributed by atoms with E-state index in [2.05, 4.69) is 6.92 Å². The van der Waals surface area contributed by atoms with E-state index in [4.69, 9.17) is 9.47 Å². The Morgan fingerprint density at radius 1 is 1.29 bits per heavy atom. The van der Waals surface area contributed by atoms with Gasteiger partial charge in [-0.3, -0.25) is 4.79 Å². The number of unbranched alkanes of at least 4 members (excludes halogenated alkanes) is 3. The summed E-state index contributed by atoms with van der Waals surface area (Å²) < 4.78 is 10.5. The number of carbonyl (C=O) groups excluding carboxylic acids is 1. The molecule has 1 rings (SSSR count). The Kier molecular flexibility index (Phi) is 5.96. The summed E-state index contributed by atoms with van der Waals surface area (Å²) in [5, 5.41) is 0. The normalized spacial score (nSPS) is 28.3. The topological polar surface area (TPSA) is 35.5 Å². The molecular weight excluding hydrogens is 216 g/mol. The molecule has 2 unspecified atom stereocenters. The lowest BCUT2D eigenvalue weighted by molar-refractivity contribution is -0.160. The van der Waals surface area contributed by atoms with E-state index in [1.165, 1.54) is 26.4 Å². The van der Waals surface area contributed by atoms with E-state index in [0.717, 1.165) is 32.1 Å². The van der Waals surface area contributed by atoms with E-state index in [1.807, 2.05) is 0 Å². The molecular formula is C14H26O3. The second kappa shape index (κ2) is 7.00. The highest BCUT2D eigenvalue weighted by Crippen LogP contribution is 2.45. The maximum atomic E-state index is 12.1. The highest BCUT2D eigenvalue weighted by Gasteiger charge is 2.49. The summed E-state index contributed by atoms with van der Waals surface area (Å²) in [5.74, 6) is -0.0710. The molecule has 0 aromatic heterocycles. The molecule has 0 bridgehead atoms. The monoisotopic (exact) mass is 242 g/mol. The van der Waals surface area contributed by atoms with Crippen LogP contribution in [0.25, 0.3) is 0 Å². The molecule has 3 nitrogen and oxygen atoms in total. The first kappa shape index (κ1) is 14.5. The van der Waals surface area contributed by atoms with Crippen molar-refractivity contribution in [1.29, 1.82) is 0 Å². The standard InChI is InChI=1S/C14H26O3/c1-4-5-6-7-10-14(13(15)17-3)11-8-9-12(14)16-2/h12H,4-11H2,1-3H3. The van der Waals surface area contributed by atoms with Crippen molar-refractivity contribution >= 4 is 5.97 Å². The van der Waals surface area contributed by atoms with E-state index >= 15 is 0 Å². The van der Waals surface area contributed by atoms with Crippen LogP contribution in [0.2, 0.25) is 0 Å². The van der Waals surface area contributed by atoms with Gasteiger partial charge in [0.1, 0.15) is 0 Å². The number of methoxy groups -OCH3 is 2. The van der Waals surface area contributed by atoms with Crippen molar-refractivity contribution in [3.63, 3.8) is 0 Å². The zero-order valence-electron chi connectivity index (χ0n) is 11.5. The molecule has 0 aromatic rings. The van der Waals surface area contributed by atoms with Gasteiger partial charge in [0.2, 0.25) is 0 Å². The number of rotatable bonds is 7. The molecule has 17 heavy (non-hydrogen) atoms. The third-order valence-corrected chi connectivity index (χ3v) is 4.06. The van der Waals surface area contributed by atoms with Crippen LogP contribution in [0.3, 0.4) is 0 Å². The Hall–Kier alpha value is -0.570. The third-order valence-electron chi connectivity index (χ3n) is 4.06. The lowest BCUT2D eigenvalue weighted by atomic mass is 9.79. The Morgan fingerprint density at radius 3 is 2.65 bits per heavy atom. The molecule has 0 amide bonds. The van der Waals surface area contributed by atoms with Crippen molar-refractivity contribution < 1.29 is 14.3 Å². The highest BCUT2D eigenvalue weighted by atomic mass is 16.5. The van der Waals surface area contributed by atoms with Gasteiger partial charge in [0.05, 0.1) is 18.6 Å². The van der Waals surface area contributed by atoms with Gasteiger partial charge in [-0.1, -0.05) is 32.6 Å². The van der Waals surface area contributed by atoms with Gasteiger partial charge < -0.3 is 9.47 Å². The summed E-state index contributed by atoms with van der Waals surface area (Å²) in [6.45, 7) is 2.20. The Balaban J connectivity index is 2.62. The summed E-state index contributed by atoms with van der Waals surface area (Å²) in [6, 6.07) is 0. The van der Waals surface area contributed by atoms with Crippen molar-refractivity contribution in [2.75, 3.05) is 14.2 Å². The van der Waals surface area contributed by atoms with Crippen molar-refractivity contribution in [2.24, 2.45) is 5.41 Å². The molecule has 0 aromatic carbocycles. The fourth-order valence-electron chi connectivity index (χ4n) is 3.08. The Labute approximate surface area is 105 Å². The van der Waals surface area contributed by atoms with Gasteiger partial charge in [0.15, 0.2) is 0 Å². The van der Waals surface area contributed by atoms with Crippen LogP contribution in [0.4, 0.5) is 0 Å². The predicted molar refractivity (Wildman–Crippen MR) is 67.9 cm³/mol. The summed E-state index contributed by atoms with van der Waals surface area (Å²) >= 11 is 0. The molecule has 1 saturated carbocycles. The van der Waals surface area contributed by atoms with Crippen molar-refractivity contribution in [3.8, 4) is 0 Å². The first-order valence-electron chi connectivity index (χ1n) is 6.82. The molecule has 1 aliphatic carbocycles. The van der Waals surface area contributed by atoms with Crippen molar-refractivity contribution in [2.45, 2.75) is 64.4 Å². The molecule has 1 fully saturated rings. The quantitative estimate of drug-likeness (QED) is 0.507. The van der Waals surface area contributed by atoms with Crippen LogP contribution in [0, 0.1) is 5.41 Å². The average Bonchev–Trinajstić information content (AvgIpc) is 2.77. The van der Waals surface area contributed by atoms with Crippen molar-refractivity contribution in [1.82, 2.24) is 0 Å². The van der Waals surface area contributed by atoms with E-state index in [9.17, 15) is 4.79 Å². The smallest absolute Gasteiger partial charge is 0.314 e. The van der Waals surface area contributed by atoms with Crippen LogP contribution in [0.1, 0.15) is 58.3 Å². The van der Waals surface area contributed by atoms with Gasteiger partial charge in [-0.15, -0.1) is 0 Å². The largest absolute Gasteiger partial charge is 0.469 e. The molecule has 3 heteroatoms. The average molecular weight is 242 g/mol. The minimum atomic E-state index is -0.364. The highest BCUT2D eigenvalue weighted by molar-refractivity contribution is 5.78. The van der Waals surface area contributed by atoms with Crippen LogP contribution < -0.4 is 0 Å². The van der Waals surface area contributed by atoms with Crippen LogP contribution in [0.5, 0.6) is 0 Å². The summed E-state index contributed by atoms with van der Waals surface area (Å²) in [7, 11) is 3.20. The van der Waals surface area contributed by atoms with Gasteiger partial charge in [-0.25, -0.2) is 0 Å². The molecule has 1 aliphatic rings. The minimum Gasteiger partial charge on any atom is -0.469 e. The van der Waals surface area contributed by atoms with Crippen LogP contribution in [-0.4, -0.2) is 26.3 Å². The van der Waals surface area contributed by atoms with Crippen molar-refractivity contribution in [3.05, 3.63) is 0 Å². The zero-order valence-corrected chi connectivity index (χ0v) is 11.5. The van der Waals surface area contributed by atoms with E-state index < -0.39 is 0 Å². The number of hydrogen-bond donors (Lipinski definition) is 0. The number of esters is 1. The van der Waals surface area contributed by atoms with Crippen LogP contribution >= 0.6 is 0 Å². The van der Waals surface area contributed by atoms with Gasteiger partial charge in [0.25, 0.3) is 0 Å². The lowest BCUT2D eigenvalue weighted by Gasteiger charge is -2.31. The molecule has 2 atom stereocenters. The Morgan fingerprint density at radius 2 is 2.06 bits per heavy atom. The Bertz CT molecular complexity index is 240. The molecule has 0 heterocycles. The number of ether oxygens (including phenoxy) is 2. The fourth-order valence-corrected chi connectivity index (χ4v) is 3.08. The number of hydrogen-bond acceptors (Lipinski definition) is 3. The molecule has 0 aliphatic heterocycles. The van der Waals surface area contributed by atoms with Crippen LogP contribution in [0.15, 0.2) is 0 Å². The molecule has 100 valence electrons. The van der Waals surface area contributed by atoms with E-state index in [1.54, 1.807) is 7.11 Å². The zero-order chi connectivity index (χ0) is 12.7. The molecule has 0 N–H and O–H groups in total. The third kappa shape index (κ3) is 3.21. The summed E-state index contributed by atoms with van der Waals surface area (Å²) in [6.07, 6.45) is 8.71. The molecule has 0 radical (unpaired) electrons. The van der Waals surface area contributed by atoms with Gasteiger partial charge in [0, 0.05) is 7.11 Å². The summed E-state index contributed by atoms with van der Waals surface area (Å²) in [5.41, 5.74) is -0.364. The minimum absolute atomic E-state index is 0.0524. The number of carbonyl (C=O) groups is 1. The van der Waals surface area contributed by atoms with Crippen LogP contribution in [-0.2, 0) is 14.3 Å². The summed E-state index contributed by atoms with van der Waals surface area (Å²) in [4.78, 5) is 12.1. The van der Waals surface area contributed by atoms with Gasteiger partial charge in [-0.05, 0) is 25.7 Å². The fraction of sp³-hybridized carbons (Fsp3) is 0.929. The SMILES string of the molecule is CCCCCCC1(C(=O)OC)CCCC1OC. The molecule has 0 spiro atoms. The first-order chi connectivity index (χ1) is 8.21.